The number of aromatic nitrogens is 1. The predicted octanol–water partition coefficient (Wildman–Crippen LogP) is 2.12. The molecule has 4 rings (SSSR count). The monoisotopic (exact) mass is 477 g/mol. The quantitative estimate of drug-likeness (QED) is 0.642. The van der Waals surface area contributed by atoms with Crippen LogP contribution in [0.1, 0.15) is 52.9 Å². The van der Waals surface area contributed by atoms with Crippen molar-refractivity contribution < 1.29 is 18.0 Å². The molecule has 1 aromatic heterocycles. The van der Waals surface area contributed by atoms with Gasteiger partial charge in [-0.2, -0.15) is 4.31 Å². The Labute approximate surface area is 191 Å². The van der Waals surface area contributed by atoms with Gasteiger partial charge in [-0.3, -0.25) is 14.4 Å². The molecule has 2 aromatic rings. The Bertz CT molecular complexity index is 1190. The predicted molar refractivity (Wildman–Crippen MR) is 122 cm³/mol. The summed E-state index contributed by atoms with van der Waals surface area (Å²) >= 11 is 0.681. The summed E-state index contributed by atoms with van der Waals surface area (Å²) in [6.07, 6.45) is 4.66. The molecule has 1 aromatic carbocycles. The minimum Gasteiger partial charge on any atom is -0.340 e. The first-order chi connectivity index (χ1) is 15.3. The van der Waals surface area contributed by atoms with Crippen LogP contribution in [0.2, 0.25) is 0 Å². The number of fused-ring (bicyclic) bond motifs is 1. The molecule has 1 fully saturated rings. The summed E-state index contributed by atoms with van der Waals surface area (Å²) < 4.78 is 26.9. The largest absolute Gasteiger partial charge is 0.340 e. The van der Waals surface area contributed by atoms with Gasteiger partial charge in [-0.05, 0) is 49.8 Å². The standard InChI is InChI=1S/C22H27N3O5S2/c1-15-21(31-22(28)23-15)32(29,30)25-12-10-24(11-13-25)20(27)9-8-19(26)18-7-6-16-4-2-3-5-17(16)14-18/h6-7,14H,2-5,8-13H2,1H3,(H,23,28). The van der Waals surface area contributed by atoms with Crippen molar-refractivity contribution in [3.63, 3.8) is 0 Å². The molecule has 1 saturated heterocycles. The van der Waals surface area contributed by atoms with Gasteiger partial charge >= 0.3 is 4.87 Å². The van der Waals surface area contributed by atoms with Crippen LogP contribution in [-0.4, -0.2) is 60.5 Å². The summed E-state index contributed by atoms with van der Waals surface area (Å²) in [5, 5.41) is 0. The summed E-state index contributed by atoms with van der Waals surface area (Å²) in [6.45, 7) is 2.42. The highest BCUT2D eigenvalue weighted by molar-refractivity contribution is 7.91. The maximum Gasteiger partial charge on any atom is 0.305 e. The van der Waals surface area contributed by atoms with Gasteiger partial charge in [0.05, 0.1) is 0 Å². The highest BCUT2D eigenvalue weighted by atomic mass is 32.2. The number of thiazole rings is 1. The second-order valence-electron chi connectivity index (χ2n) is 8.33. The van der Waals surface area contributed by atoms with Gasteiger partial charge in [0, 0.05) is 50.3 Å². The second-order valence-corrected chi connectivity index (χ2v) is 11.4. The van der Waals surface area contributed by atoms with Crippen LogP contribution in [0.5, 0.6) is 0 Å². The maximum atomic E-state index is 12.8. The smallest absolute Gasteiger partial charge is 0.305 e. The van der Waals surface area contributed by atoms with E-state index in [0.29, 0.717) is 22.6 Å². The van der Waals surface area contributed by atoms with Crippen LogP contribution < -0.4 is 4.87 Å². The van der Waals surface area contributed by atoms with Crippen molar-refractivity contribution in [1.82, 2.24) is 14.2 Å². The molecule has 172 valence electrons. The van der Waals surface area contributed by atoms with Crippen molar-refractivity contribution in [3.8, 4) is 0 Å². The number of hydrogen-bond acceptors (Lipinski definition) is 6. The number of sulfonamides is 1. The van der Waals surface area contributed by atoms with E-state index in [0.717, 1.165) is 19.3 Å². The van der Waals surface area contributed by atoms with Crippen molar-refractivity contribution in [2.24, 2.45) is 0 Å². The van der Waals surface area contributed by atoms with Gasteiger partial charge in [-0.1, -0.05) is 23.5 Å². The fourth-order valence-electron chi connectivity index (χ4n) is 4.36. The molecule has 0 saturated carbocycles. The number of nitrogens with one attached hydrogen (secondary N) is 1. The number of Topliss-reactive ketones (excluding diaryl/α,β-unsaturated/α-hetero) is 1. The van der Waals surface area contributed by atoms with Crippen LogP contribution in [0.25, 0.3) is 0 Å². The normalized spacial score (nSPS) is 17.2. The van der Waals surface area contributed by atoms with Crippen LogP contribution in [0.15, 0.2) is 27.2 Å². The molecule has 8 nitrogen and oxygen atoms in total. The maximum absolute atomic E-state index is 12.8. The lowest BCUT2D eigenvalue weighted by Crippen LogP contribution is -2.50. The molecule has 1 N–H and O–H groups in total. The number of carbonyl (C=O) groups excluding carboxylic acids is 2. The summed E-state index contributed by atoms with van der Waals surface area (Å²) in [7, 11) is -3.76. The van der Waals surface area contributed by atoms with Crippen LogP contribution in [0.4, 0.5) is 0 Å². The number of ketones is 1. The number of piperazine rings is 1. The Kier molecular flexibility index (Phi) is 6.64. The van der Waals surface area contributed by atoms with Crippen molar-refractivity contribution in [1.29, 1.82) is 0 Å². The van der Waals surface area contributed by atoms with Gasteiger partial charge in [-0.25, -0.2) is 8.42 Å². The number of carbonyl (C=O) groups is 2. The van der Waals surface area contributed by atoms with Crippen LogP contribution in [0.3, 0.4) is 0 Å². The number of H-pyrrole nitrogens is 1. The van der Waals surface area contributed by atoms with Gasteiger partial charge in [0.15, 0.2) is 9.99 Å². The van der Waals surface area contributed by atoms with Crippen molar-refractivity contribution in [3.05, 3.63) is 50.3 Å². The lowest BCUT2D eigenvalue weighted by Gasteiger charge is -2.33. The summed E-state index contributed by atoms with van der Waals surface area (Å²) in [5.74, 6) is -0.179. The van der Waals surface area contributed by atoms with Crippen molar-refractivity contribution in [2.75, 3.05) is 26.2 Å². The average molecular weight is 478 g/mol. The van der Waals surface area contributed by atoms with Gasteiger partial charge in [-0.15, -0.1) is 0 Å². The van der Waals surface area contributed by atoms with E-state index < -0.39 is 14.9 Å². The molecule has 10 heteroatoms. The summed E-state index contributed by atoms with van der Waals surface area (Å²) in [4.78, 5) is 40.4. The number of hydrogen-bond donors (Lipinski definition) is 1. The lowest BCUT2D eigenvalue weighted by atomic mass is 9.89. The van der Waals surface area contributed by atoms with E-state index in [1.165, 1.54) is 21.9 Å². The Hall–Kier alpha value is -2.30. The Morgan fingerprint density at radius 3 is 2.38 bits per heavy atom. The number of benzene rings is 1. The van der Waals surface area contributed by atoms with Crippen molar-refractivity contribution in [2.45, 2.75) is 49.7 Å². The van der Waals surface area contributed by atoms with Crippen LogP contribution >= 0.6 is 11.3 Å². The molecule has 0 radical (unpaired) electrons. The first-order valence-electron chi connectivity index (χ1n) is 10.9. The Morgan fingerprint density at radius 1 is 1.03 bits per heavy atom. The minimum atomic E-state index is -3.76. The van der Waals surface area contributed by atoms with E-state index in [1.807, 2.05) is 18.2 Å². The van der Waals surface area contributed by atoms with E-state index in [1.54, 1.807) is 11.8 Å². The number of rotatable bonds is 6. The van der Waals surface area contributed by atoms with Gasteiger partial charge < -0.3 is 9.88 Å². The molecule has 0 unspecified atom stereocenters. The average Bonchev–Trinajstić information content (AvgIpc) is 3.15. The molecular weight excluding hydrogens is 450 g/mol. The third-order valence-corrected chi connectivity index (χ3v) is 9.66. The third-order valence-electron chi connectivity index (χ3n) is 6.18. The summed E-state index contributed by atoms with van der Waals surface area (Å²) in [6, 6.07) is 5.87. The number of nitrogens with zero attached hydrogens (tertiary/aromatic N) is 2. The van der Waals surface area contributed by atoms with Gasteiger partial charge in [0.25, 0.3) is 10.0 Å². The van der Waals surface area contributed by atoms with E-state index in [2.05, 4.69) is 4.98 Å². The topological polar surface area (TPSA) is 108 Å². The molecule has 1 aliphatic heterocycles. The first-order valence-corrected chi connectivity index (χ1v) is 13.1. The SMILES string of the molecule is Cc1[nH]c(=O)sc1S(=O)(=O)N1CCN(C(=O)CCC(=O)c2ccc3c(c2)CCCC3)CC1. The van der Waals surface area contributed by atoms with E-state index >= 15 is 0 Å². The van der Waals surface area contributed by atoms with Crippen LogP contribution in [-0.2, 0) is 27.7 Å². The molecule has 0 atom stereocenters. The zero-order valence-electron chi connectivity index (χ0n) is 18.1. The third kappa shape index (κ3) is 4.72. The van der Waals surface area contributed by atoms with E-state index in [4.69, 9.17) is 0 Å². The highest BCUT2D eigenvalue weighted by Crippen LogP contribution is 2.24. The fourth-order valence-corrected chi connectivity index (χ4v) is 7.22. The zero-order valence-corrected chi connectivity index (χ0v) is 19.7. The molecule has 1 aliphatic carbocycles. The van der Waals surface area contributed by atoms with E-state index in [-0.39, 0.29) is 54.9 Å². The van der Waals surface area contributed by atoms with E-state index in [9.17, 15) is 22.8 Å². The Balaban J connectivity index is 1.30. The second kappa shape index (κ2) is 9.29. The Morgan fingerprint density at radius 2 is 1.72 bits per heavy atom. The first kappa shape index (κ1) is 22.9. The molecule has 1 amide bonds. The molecule has 32 heavy (non-hydrogen) atoms. The molecule has 0 bridgehead atoms. The number of aromatic amines is 1. The van der Waals surface area contributed by atoms with Crippen LogP contribution in [0, 0.1) is 6.92 Å². The fraction of sp³-hybridized carbons (Fsp3) is 0.500. The summed E-state index contributed by atoms with van der Waals surface area (Å²) in [5.41, 5.74) is 3.56. The molecule has 2 heterocycles. The van der Waals surface area contributed by atoms with Gasteiger partial charge in [0.1, 0.15) is 0 Å². The highest BCUT2D eigenvalue weighted by Gasteiger charge is 2.32. The van der Waals surface area contributed by atoms with Gasteiger partial charge in [0.2, 0.25) is 5.91 Å². The minimum absolute atomic E-state index is 0.0259. The number of aryl methyl sites for hydroxylation is 3. The number of amides is 1. The lowest BCUT2D eigenvalue weighted by molar-refractivity contribution is -0.132. The molecular formula is C22H27N3O5S2. The zero-order chi connectivity index (χ0) is 22.9. The van der Waals surface area contributed by atoms with Crippen molar-refractivity contribution >= 4 is 33.1 Å². The molecule has 2 aliphatic rings. The molecule has 0 spiro atoms.